The molecule has 0 aliphatic carbocycles. The molecule has 120 valence electrons. The summed E-state index contributed by atoms with van der Waals surface area (Å²) in [6, 6.07) is 4.33. The number of hydrogen-bond donors (Lipinski definition) is 1. The van der Waals surface area contributed by atoms with Crippen LogP contribution >= 0.6 is 11.6 Å². The molecule has 1 unspecified atom stereocenters. The van der Waals surface area contributed by atoms with Crippen molar-refractivity contribution in [2.75, 3.05) is 18.5 Å². The molecule has 0 fully saturated rings. The maximum atomic E-state index is 6.26. The summed E-state index contributed by atoms with van der Waals surface area (Å²) in [4.78, 5) is 6.96. The van der Waals surface area contributed by atoms with Crippen LogP contribution in [0.25, 0.3) is 0 Å². The van der Waals surface area contributed by atoms with Gasteiger partial charge in [0.05, 0.1) is 10.7 Å². The predicted octanol–water partition coefficient (Wildman–Crippen LogP) is 4.35. The van der Waals surface area contributed by atoms with Crippen molar-refractivity contribution in [2.45, 2.75) is 54.1 Å². The maximum absolute atomic E-state index is 6.26. The number of hydrogen-bond acceptors (Lipinski definition) is 3. The first kappa shape index (κ1) is 18.2. The molecule has 1 rings (SSSR count). The largest absolute Gasteiger partial charge is 0.356 e. The smallest absolute Gasteiger partial charge is 0.128 e. The first-order valence-corrected chi connectivity index (χ1v) is 8.09. The van der Waals surface area contributed by atoms with E-state index in [0.29, 0.717) is 18.5 Å². The molecule has 21 heavy (non-hydrogen) atoms. The summed E-state index contributed by atoms with van der Waals surface area (Å²) >= 11 is 6.26. The molecule has 1 N–H and O–H groups in total. The van der Waals surface area contributed by atoms with Gasteiger partial charge in [-0.05, 0) is 36.9 Å². The van der Waals surface area contributed by atoms with Crippen LogP contribution in [-0.4, -0.2) is 24.6 Å². The third-order valence-corrected chi connectivity index (χ3v) is 4.29. The van der Waals surface area contributed by atoms with E-state index in [0.717, 1.165) is 23.1 Å². The Bertz CT molecular complexity index is 452. The zero-order chi connectivity index (χ0) is 16.2. The van der Waals surface area contributed by atoms with Gasteiger partial charge in [-0.25, -0.2) is 4.98 Å². The molecule has 3 nitrogen and oxygen atoms in total. The van der Waals surface area contributed by atoms with Crippen LogP contribution in [0.1, 0.15) is 47.2 Å². The van der Waals surface area contributed by atoms with E-state index in [1.807, 2.05) is 12.1 Å². The molecule has 0 saturated heterocycles. The Morgan fingerprint density at radius 3 is 2.38 bits per heavy atom. The number of nitrogens with one attached hydrogen (secondary N) is 1. The minimum absolute atomic E-state index is 0.201. The highest BCUT2D eigenvalue weighted by molar-refractivity contribution is 6.31. The third kappa shape index (κ3) is 5.48. The lowest BCUT2D eigenvalue weighted by atomic mass is 9.87. The molecular formula is C17H30ClN3. The van der Waals surface area contributed by atoms with E-state index in [-0.39, 0.29) is 5.41 Å². The molecular weight excluding hydrogens is 282 g/mol. The normalized spacial score (nSPS) is 13.6. The Kier molecular flexibility index (Phi) is 6.48. The van der Waals surface area contributed by atoms with Crippen molar-refractivity contribution >= 4 is 17.4 Å². The van der Waals surface area contributed by atoms with E-state index >= 15 is 0 Å². The highest BCUT2D eigenvalue weighted by Gasteiger charge is 2.25. The fourth-order valence-corrected chi connectivity index (χ4v) is 2.22. The van der Waals surface area contributed by atoms with Crippen molar-refractivity contribution in [3.05, 3.63) is 22.8 Å². The van der Waals surface area contributed by atoms with Gasteiger partial charge in [-0.3, -0.25) is 0 Å². The van der Waals surface area contributed by atoms with Gasteiger partial charge in [-0.1, -0.05) is 46.2 Å². The van der Waals surface area contributed by atoms with Gasteiger partial charge in [0.25, 0.3) is 0 Å². The highest BCUT2D eigenvalue weighted by Crippen LogP contribution is 2.27. The van der Waals surface area contributed by atoms with Crippen molar-refractivity contribution in [2.24, 2.45) is 11.3 Å². The van der Waals surface area contributed by atoms with Crippen LogP contribution in [0.5, 0.6) is 0 Å². The molecule has 1 atom stereocenters. The number of halogens is 1. The van der Waals surface area contributed by atoms with Crippen molar-refractivity contribution in [3.8, 4) is 0 Å². The molecule has 4 heteroatoms. The second-order valence-electron chi connectivity index (χ2n) is 7.28. The van der Waals surface area contributed by atoms with Gasteiger partial charge in [0.2, 0.25) is 0 Å². The Morgan fingerprint density at radius 1 is 1.24 bits per heavy atom. The van der Waals surface area contributed by atoms with E-state index in [9.17, 15) is 0 Å². The SMILES string of the molecule is CC(C)CNCc1nc(N(C)C(C)C(C)(C)C)ccc1Cl. The Morgan fingerprint density at radius 2 is 1.86 bits per heavy atom. The number of pyridine rings is 1. The van der Waals surface area contributed by atoms with E-state index in [1.54, 1.807) is 0 Å². The van der Waals surface area contributed by atoms with Crippen LogP contribution in [0, 0.1) is 11.3 Å². The summed E-state index contributed by atoms with van der Waals surface area (Å²) in [5.41, 5.74) is 1.12. The van der Waals surface area contributed by atoms with Crippen molar-refractivity contribution < 1.29 is 0 Å². The van der Waals surface area contributed by atoms with Crippen molar-refractivity contribution in [3.63, 3.8) is 0 Å². The molecule has 0 bridgehead atoms. The van der Waals surface area contributed by atoms with Crippen molar-refractivity contribution in [1.29, 1.82) is 0 Å². The van der Waals surface area contributed by atoms with Crippen LogP contribution in [0.15, 0.2) is 12.1 Å². The molecule has 0 spiro atoms. The molecule has 1 heterocycles. The van der Waals surface area contributed by atoms with Crippen LogP contribution in [0.3, 0.4) is 0 Å². The molecule has 0 aromatic carbocycles. The third-order valence-electron chi connectivity index (χ3n) is 3.94. The monoisotopic (exact) mass is 311 g/mol. The summed E-state index contributed by atoms with van der Waals surface area (Å²) in [5, 5.41) is 4.13. The van der Waals surface area contributed by atoms with Crippen LogP contribution in [0.2, 0.25) is 5.02 Å². The minimum atomic E-state index is 0.201. The Hall–Kier alpha value is -0.800. The number of nitrogens with zero attached hydrogens (tertiary/aromatic N) is 2. The lowest BCUT2D eigenvalue weighted by Crippen LogP contribution is -2.40. The van der Waals surface area contributed by atoms with Crippen molar-refractivity contribution in [1.82, 2.24) is 10.3 Å². The second-order valence-corrected chi connectivity index (χ2v) is 7.68. The second kappa shape index (κ2) is 7.46. The maximum Gasteiger partial charge on any atom is 0.128 e. The summed E-state index contributed by atoms with van der Waals surface area (Å²) in [7, 11) is 2.09. The number of aromatic nitrogens is 1. The van der Waals surface area contributed by atoms with Crippen LogP contribution in [-0.2, 0) is 6.54 Å². The number of rotatable bonds is 6. The predicted molar refractivity (Wildman–Crippen MR) is 93.1 cm³/mol. The minimum Gasteiger partial charge on any atom is -0.356 e. The fourth-order valence-electron chi connectivity index (χ4n) is 2.05. The molecule has 0 amide bonds. The van der Waals surface area contributed by atoms with E-state index < -0.39 is 0 Å². The molecule has 0 aliphatic heterocycles. The molecule has 1 aromatic rings. The van der Waals surface area contributed by atoms with Gasteiger partial charge in [-0.15, -0.1) is 0 Å². The first-order valence-electron chi connectivity index (χ1n) is 7.72. The van der Waals surface area contributed by atoms with Crippen LogP contribution in [0.4, 0.5) is 5.82 Å². The van der Waals surface area contributed by atoms with Gasteiger partial charge >= 0.3 is 0 Å². The summed E-state index contributed by atoms with van der Waals surface area (Å²) in [5.74, 6) is 1.60. The summed E-state index contributed by atoms with van der Waals surface area (Å²) in [6.45, 7) is 15.0. The summed E-state index contributed by atoms with van der Waals surface area (Å²) < 4.78 is 0. The first-order chi connectivity index (χ1) is 9.62. The van der Waals surface area contributed by atoms with Gasteiger partial charge < -0.3 is 10.2 Å². The van der Waals surface area contributed by atoms with Gasteiger partial charge in [0, 0.05) is 19.6 Å². The van der Waals surface area contributed by atoms with E-state index in [2.05, 4.69) is 58.8 Å². The molecule has 1 aromatic heterocycles. The lowest BCUT2D eigenvalue weighted by molar-refractivity contribution is 0.328. The Labute approximate surface area is 135 Å². The average molecular weight is 312 g/mol. The average Bonchev–Trinajstić information content (AvgIpc) is 2.37. The van der Waals surface area contributed by atoms with Crippen LogP contribution < -0.4 is 10.2 Å². The summed E-state index contributed by atoms with van der Waals surface area (Å²) in [6.07, 6.45) is 0. The molecule has 0 aliphatic rings. The van der Waals surface area contributed by atoms with Gasteiger partial charge in [0.1, 0.15) is 5.82 Å². The Balaban J connectivity index is 2.85. The lowest BCUT2D eigenvalue weighted by Gasteiger charge is -2.36. The molecule has 0 radical (unpaired) electrons. The fraction of sp³-hybridized carbons (Fsp3) is 0.706. The zero-order valence-electron chi connectivity index (χ0n) is 14.5. The van der Waals surface area contributed by atoms with Gasteiger partial charge in [-0.2, -0.15) is 0 Å². The number of anilines is 1. The van der Waals surface area contributed by atoms with Gasteiger partial charge in [0.15, 0.2) is 0 Å². The molecule has 0 saturated carbocycles. The quantitative estimate of drug-likeness (QED) is 0.846. The topological polar surface area (TPSA) is 28.2 Å². The standard InChI is InChI=1S/C17H30ClN3/c1-12(2)10-19-11-15-14(18)8-9-16(20-15)21(7)13(3)17(4,5)6/h8-9,12-13,19H,10-11H2,1-7H3. The van der Waals surface area contributed by atoms with E-state index in [4.69, 9.17) is 16.6 Å². The zero-order valence-corrected chi connectivity index (χ0v) is 15.3. The highest BCUT2D eigenvalue weighted by atomic mass is 35.5. The van der Waals surface area contributed by atoms with E-state index in [1.165, 1.54) is 0 Å².